The third kappa shape index (κ3) is 4.60. The lowest BCUT2D eigenvalue weighted by Gasteiger charge is -2.19. The van der Waals surface area contributed by atoms with Crippen LogP contribution in [0.4, 0.5) is 5.69 Å². The van der Waals surface area contributed by atoms with Gasteiger partial charge in [0.2, 0.25) is 15.9 Å². The minimum absolute atomic E-state index is 0.0387. The van der Waals surface area contributed by atoms with E-state index in [-0.39, 0.29) is 27.8 Å². The van der Waals surface area contributed by atoms with Crippen molar-refractivity contribution < 1.29 is 13.2 Å². The van der Waals surface area contributed by atoms with E-state index in [0.717, 1.165) is 23.9 Å². The summed E-state index contributed by atoms with van der Waals surface area (Å²) in [5.74, 6) is 0.181. The largest absolute Gasteiger partial charge is 0.346 e. The number of nitrogens with zero attached hydrogens (tertiary/aromatic N) is 4. The van der Waals surface area contributed by atoms with Crippen LogP contribution in [-0.2, 0) is 34.3 Å². The lowest BCUT2D eigenvalue weighted by atomic mass is 10.2. The molecule has 11 heteroatoms. The number of aryl methyl sites for hydroxylation is 1. The molecule has 164 valence electrons. The summed E-state index contributed by atoms with van der Waals surface area (Å²) in [5.41, 5.74) is -0.144. The number of halogens is 1. The summed E-state index contributed by atoms with van der Waals surface area (Å²) in [5, 5.41) is 7.09. The highest BCUT2D eigenvalue weighted by molar-refractivity contribution is 7.89. The van der Waals surface area contributed by atoms with Crippen molar-refractivity contribution in [2.75, 3.05) is 18.4 Å². The van der Waals surface area contributed by atoms with Gasteiger partial charge in [-0.25, -0.2) is 17.9 Å². The van der Waals surface area contributed by atoms with Crippen molar-refractivity contribution in [3.8, 4) is 0 Å². The van der Waals surface area contributed by atoms with Crippen molar-refractivity contribution in [2.24, 2.45) is 0 Å². The Hall–Kier alpha value is -2.17. The minimum Gasteiger partial charge on any atom is -0.323 e. The molecule has 1 amide bonds. The first-order valence-electron chi connectivity index (χ1n) is 10.0. The number of fused-ring (bicyclic) bond motifs is 1. The summed E-state index contributed by atoms with van der Waals surface area (Å²) in [6.07, 6.45) is 3.63. The van der Waals surface area contributed by atoms with Crippen LogP contribution in [0.15, 0.2) is 27.9 Å². The number of benzene rings is 1. The number of hydrogen-bond donors (Lipinski definition) is 1. The first-order chi connectivity index (χ1) is 14.3. The summed E-state index contributed by atoms with van der Waals surface area (Å²) in [6, 6.07) is 4.17. The third-order valence-electron chi connectivity index (χ3n) is 5.13. The number of rotatable bonds is 7. The van der Waals surface area contributed by atoms with E-state index in [2.05, 4.69) is 10.4 Å². The standard InChI is InChI=1S/C19H26ClN5O4S/c1-3-23(4-2)30(28,29)14-9-10-15(20)16(12-14)21-18(26)13-25-19(27)24-11-7-5-6-8-17(24)22-25/h9-10,12H,3-8,11,13H2,1-2H3,(H,21,26). The highest BCUT2D eigenvalue weighted by Gasteiger charge is 2.23. The monoisotopic (exact) mass is 455 g/mol. The quantitative estimate of drug-likeness (QED) is 0.688. The molecule has 0 radical (unpaired) electrons. The van der Waals surface area contributed by atoms with Crippen molar-refractivity contribution in [3.63, 3.8) is 0 Å². The predicted octanol–water partition coefficient (Wildman–Crippen LogP) is 2.09. The zero-order valence-corrected chi connectivity index (χ0v) is 18.7. The van der Waals surface area contributed by atoms with Crippen LogP contribution in [0.3, 0.4) is 0 Å². The van der Waals surface area contributed by atoms with Crippen molar-refractivity contribution in [1.82, 2.24) is 18.7 Å². The number of sulfonamides is 1. The Kier molecular flexibility index (Phi) is 6.99. The van der Waals surface area contributed by atoms with Crippen molar-refractivity contribution in [2.45, 2.75) is 57.5 Å². The first-order valence-corrected chi connectivity index (χ1v) is 11.9. The second kappa shape index (κ2) is 9.32. The molecule has 0 saturated carbocycles. The van der Waals surface area contributed by atoms with Gasteiger partial charge in [0.15, 0.2) is 0 Å². The van der Waals surface area contributed by atoms with E-state index in [0.29, 0.717) is 31.9 Å². The smallest absolute Gasteiger partial charge is 0.323 e. The van der Waals surface area contributed by atoms with Gasteiger partial charge in [0.05, 0.1) is 15.6 Å². The predicted molar refractivity (Wildman–Crippen MR) is 114 cm³/mol. The molecule has 1 aliphatic rings. The van der Waals surface area contributed by atoms with E-state index < -0.39 is 15.9 Å². The molecule has 3 rings (SSSR count). The molecule has 0 bridgehead atoms. The van der Waals surface area contributed by atoms with E-state index in [9.17, 15) is 18.0 Å². The van der Waals surface area contributed by atoms with Crippen LogP contribution in [-0.4, -0.2) is 46.1 Å². The SMILES string of the molecule is CCN(CC)S(=O)(=O)c1ccc(Cl)c(NC(=O)Cn2nc3n(c2=O)CCCCC3)c1. The molecule has 0 saturated heterocycles. The average molecular weight is 456 g/mol. The number of carbonyl (C=O) groups is 1. The molecule has 1 aromatic heterocycles. The fourth-order valence-electron chi connectivity index (χ4n) is 3.53. The van der Waals surface area contributed by atoms with Gasteiger partial charge in [-0.2, -0.15) is 9.40 Å². The molecule has 1 aliphatic heterocycles. The van der Waals surface area contributed by atoms with Crippen LogP contribution in [0.2, 0.25) is 5.02 Å². The van der Waals surface area contributed by atoms with Gasteiger partial charge in [-0.3, -0.25) is 9.36 Å². The minimum atomic E-state index is -3.69. The Labute approximate surface area is 180 Å². The number of aromatic nitrogens is 3. The summed E-state index contributed by atoms with van der Waals surface area (Å²) in [7, 11) is -3.69. The Balaban J connectivity index is 1.80. The molecular weight excluding hydrogens is 430 g/mol. The molecule has 0 aliphatic carbocycles. The molecule has 0 fully saturated rings. The zero-order chi connectivity index (χ0) is 21.9. The van der Waals surface area contributed by atoms with Crippen LogP contribution < -0.4 is 11.0 Å². The molecule has 9 nitrogen and oxygen atoms in total. The first kappa shape index (κ1) is 22.5. The maximum Gasteiger partial charge on any atom is 0.346 e. The van der Waals surface area contributed by atoms with Crippen LogP contribution in [0.25, 0.3) is 0 Å². The number of amides is 1. The van der Waals surface area contributed by atoms with Crippen LogP contribution in [0, 0.1) is 0 Å². The number of carbonyl (C=O) groups excluding carboxylic acids is 1. The molecule has 2 heterocycles. The Morgan fingerprint density at radius 1 is 1.23 bits per heavy atom. The average Bonchev–Trinajstić information content (AvgIpc) is 2.86. The van der Waals surface area contributed by atoms with Gasteiger partial charge in [0.1, 0.15) is 12.4 Å². The van der Waals surface area contributed by atoms with Crippen LogP contribution in [0.1, 0.15) is 38.9 Å². The molecule has 0 unspecified atom stereocenters. The normalized spacial score (nSPS) is 14.4. The van der Waals surface area contributed by atoms with Crippen molar-refractivity contribution in [3.05, 3.63) is 39.5 Å². The van der Waals surface area contributed by atoms with E-state index in [1.165, 1.54) is 22.5 Å². The highest BCUT2D eigenvalue weighted by Crippen LogP contribution is 2.27. The second-order valence-electron chi connectivity index (χ2n) is 7.10. The molecular formula is C19H26ClN5O4S. The van der Waals surface area contributed by atoms with Gasteiger partial charge < -0.3 is 5.32 Å². The molecule has 30 heavy (non-hydrogen) atoms. The fraction of sp³-hybridized carbons (Fsp3) is 0.526. The van der Waals surface area contributed by atoms with Crippen molar-refractivity contribution >= 4 is 33.2 Å². The van der Waals surface area contributed by atoms with E-state index in [1.54, 1.807) is 18.4 Å². The van der Waals surface area contributed by atoms with Crippen LogP contribution >= 0.6 is 11.6 Å². The Bertz CT molecular complexity index is 1090. The molecule has 2 aromatic rings. The number of hydrogen-bond acceptors (Lipinski definition) is 5. The van der Waals surface area contributed by atoms with Gasteiger partial charge >= 0.3 is 5.69 Å². The van der Waals surface area contributed by atoms with Gasteiger partial charge in [-0.15, -0.1) is 0 Å². The Morgan fingerprint density at radius 2 is 1.97 bits per heavy atom. The van der Waals surface area contributed by atoms with Crippen LogP contribution in [0.5, 0.6) is 0 Å². The van der Waals surface area contributed by atoms with Gasteiger partial charge in [0.25, 0.3) is 0 Å². The van der Waals surface area contributed by atoms with Gasteiger partial charge in [-0.1, -0.05) is 31.9 Å². The summed E-state index contributed by atoms with van der Waals surface area (Å²) in [4.78, 5) is 25.1. The summed E-state index contributed by atoms with van der Waals surface area (Å²) >= 11 is 6.16. The fourth-order valence-corrected chi connectivity index (χ4v) is 5.18. The lowest BCUT2D eigenvalue weighted by Crippen LogP contribution is -2.31. The highest BCUT2D eigenvalue weighted by atomic mass is 35.5. The lowest BCUT2D eigenvalue weighted by molar-refractivity contribution is -0.117. The Morgan fingerprint density at radius 3 is 2.67 bits per heavy atom. The molecule has 1 N–H and O–H groups in total. The number of anilines is 1. The second-order valence-corrected chi connectivity index (χ2v) is 9.44. The molecule has 1 aromatic carbocycles. The van der Waals surface area contributed by atoms with E-state index in [4.69, 9.17) is 11.6 Å². The summed E-state index contributed by atoms with van der Waals surface area (Å²) < 4.78 is 29.5. The molecule has 0 atom stereocenters. The topological polar surface area (TPSA) is 106 Å². The van der Waals surface area contributed by atoms with Gasteiger partial charge in [-0.05, 0) is 31.0 Å². The maximum atomic E-state index is 12.7. The number of nitrogens with one attached hydrogen (secondary N) is 1. The van der Waals surface area contributed by atoms with E-state index in [1.807, 2.05) is 0 Å². The maximum absolute atomic E-state index is 12.7. The zero-order valence-electron chi connectivity index (χ0n) is 17.1. The summed E-state index contributed by atoms with van der Waals surface area (Å²) in [6.45, 7) is 4.50. The van der Waals surface area contributed by atoms with Crippen molar-refractivity contribution in [1.29, 1.82) is 0 Å². The third-order valence-corrected chi connectivity index (χ3v) is 7.51. The van der Waals surface area contributed by atoms with Gasteiger partial charge in [0, 0.05) is 26.1 Å². The van der Waals surface area contributed by atoms with E-state index >= 15 is 0 Å². The molecule has 0 spiro atoms.